The zero-order valence-corrected chi connectivity index (χ0v) is 11.3. The molecule has 4 heteroatoms. The number of pyridine rings is 1. The molecule has 0 radical (unpaired) electrons. The molecule has 0 atom stereocenters. The fraction of sp³-hybridized carbons (Fsp3) is 0.133. The maximum atomic E-state index is 6.21. The summed E-state index contributed by atoms with van der Waals surface area (Å²) in [5.41, 5.74) is 2.17. The summed E-state index contributed by atoms with van der Waals surface area (Å²) < 4.78 is 9.49. The molecule has 3 nitrogen and oxygen atoms in total. The summed E-state index contributed by atoms with van der Waals surface area (Å²) >= 11 is 6.21. The van der Waals surface area contributed by atoms with Gasteiger partial charge in [0.05, 0.1) is 7.11 Å². The van der Waals surface area contributed by atoms with Crippen molar-refractivity contribution in [2.45, 2.75) is 6.54 Å². The van der Waals surface area contributed by atoms with Crippen LogP contribution in [0.25, 0.3) is 5.65 Å². The Balaban J connectivity index is 2.05. The van der Waals surface area contributed by atoms with Crippen LogP contribution in [0.5, 0.6) is 5.88 Å². The summed E-state index contributed by atoms with van der Waals surface area (Å²) in [6.07, 6.45) is 4.02. The molecule has 3 rings (SSSR count). The van der Waals surface area contributed by atoms with E-state index in [0.717, 1.165) is 28.7 Å². The fourth-order valence-corrected chi connectivity index (χ4v) is 2.40. The largest absolute Gasteiger partial charge is 0.465 e. The Hall–Kier alpha value is -2.00. The number of methoxy groups -OCH3 is 1. The number of rotatable bonds is 3. The van der Waals surface area contributed by atoms with Gasteiger partial charge in [-0.05, 0) is 12.1 Å². The molecule has 2 aromatic heterocycles. The summed E-state index contributed by atoms with van der Waals surface area (Å²) in [7, 11) is 1.67. The van der Waals surface area contributed by atoms with E-state index in [-0.39, 0.29) is 0 Å². The second-order valence-electron chi connectivity index (χ2n) is 4.31. The van der Waals surface area contributed by atoms with E-state index in [4.69, 9.17) is 16.3 Å². The van der Waals surface area contributed by atoms with E-state index in [1.54, 1.807) is 7.11 Å². The topological polar surface area (TPSA) is 17.5 Å². The Labute approximate surface area is 116 Å². The van der Waals surface area contributed by atoms with E-state index in [9.17, 15) is 0 Å². The van der Waals surface area contributed by atoms with Gasteiger partial charge in [-0.3, -0.25) is 0 Å². The van der Waals surface area contributed by atoms with E-state index in [0.29, 0.717) is 0 Å². The molecule has 0 saturated heterocycles. The van der Waals surface area contributed by atoms with Gasteiger partial charge in [-0.25, -0.2) is 4.57 Å². The molecular formula is C15H14ClN2O+. The van der Waals surface area contributed by atoms with Crippen LogP contribution in [0.2, 0.25) is 5.02 Å². The smallest absolute Gasteiger partial charge is 0.289 e. The van der Waals surface area contributed by atoms with Crippen LogP contribution >= 0.6 is 11.6 Å². The third-order valence-electron chi connectivity index (χ3n) is 3.17. The molecule has 0 N–H and O–H groups in total. The molecule has 2 heterocycles. The quantitative estimate of drug-likeness (QED) is 0.671. The summed E-state index contributed by atoms with van der Waals surface area (Å²) in [4.78, 5) is 0. The first-order chi connectivity index (χ1) is 9.29. The lowest BCUT2D eigenvalue weighted by Crippen LogP contribution is -2.32. The number of fused-ring (bicyclic) bond motifs is 1. The maximum Gasteiger partial charge on any atom is 0.289 e. The fourth-order valence-electron chi connectivity index (χ4n) is 2.21. The maximum absolute atomic E-state index is 6.21. The number of ether oxygens (including phenoxy) is 1. The zero-order chi connectivity index (χ0) is 13.2. The standard InChI is InChI=1S/C15H14ClN2O/c1-19-15-8-4-7-14-17(9-10-18(14)15)11-12-5-2-3-6-13(12)16/h2-10H,11H2,1H3/q+1. The highest BCUT2D eigenvalue weighted by Gasteiger charge is 2.14. The molecule has 0 unspecified atom stereocenters. The number of benzene rings is 1. The number of halogens is 1. The first-order valence-electron chi connectivity index (χ1n) is 6.06. The molecule has 0 fully saturated rings. The molecule has 0 amide bonds. The molecule has 0 spiro atoms. The molecule has 0 aliphatic carbocycles. The Morgan fingerprint density at radius 3 is 2.79 bits per heavy atom. The van der Waals surface area contributed by atoms with Gasteiger partial charge in [0, 0.05) is 22.7 Å². The number of hydrogen-bond acceptors (Lipinski definition) is 1. The molecule has 96 valence electrons. The van der Waals surface area contributed by atoms with Crippen molar-refractivity contribution in [3.63, 3.8) is 0 Å². The molecule has 0 saturated carbocycles. The summed E-state index contributed by atoms with van der Waals surface area (Å²) in [5, 5.41) is 0.789. The number of nitrogens with zero attached hydrogens (tertiary/aromatic N) is 2. The van der Waals surface area contributed by atoms with Gasteiger partial charge >= 0.3 is 0 Å². The van der Waals surface area contributed by atoms with E-state index in [2.05, 4.69) is 10.6 Å². The lowest BCUT2D eigenvalue weighted by Gasteiger charge is -2.02. The van der Waals surface area contributed by atoms with E-state index < -0.39 is 0 Å². The van der Waals surface area contributed by atoms with Gasteiger partial charge in [0.25, 0.3) is 11.5 Å². The molecule has 3 aromatic rings. The highest BCUT2D eigenvalue weighted by atomic mass is 35.5. The van der Waals surface area contributed by atoms with Crippen LogP contribution in [-0.4, -0.2) is 11.5 Å². The van der Waals surface area contributed by atoms with Gasteiger partial charge in [0.1, 0.15) is 18.9 Å². The summed E-state index contributed by atoms with van der Waals surface area (Å²) in [6.45, 7) is 0.739. The van der Waals surface area contributed by atoms with Crippen molar-refractivity contribution in [1.82, 2.24) is 4.40 Å². The van der Waals surface area contributed by atoms with Crippen molar-refractivity contribution < 1.29 is 9.30 Å². The van der Waals surface area contributed by atoms with Crippen molar-refractivity contribution in [2.24, 2.45) is 0 Å². The van der Waals surface area contributed by atoms with Crippen LogP contribution in [-0.2, 0) is 6.54 Å². The van der Waals surface area contributed by atoms with Crippen LogP contribution < -0.4 is 9.30 Å². The first kappa shape index (κ1) is 12.1. The molecule has 0 bridgehead atoms. The van der Waals surface area contributed by atoms with Crippen molar-refractivity contribution in [2.75, 3.05) is 7.11 Å². The second-order valence-corrected chi connectivity index (χ2v) is 4.72. The number of aromatic nitrogens is 2. The third kappa shape index (κ3) is 2.17. The Morgan fingerprint density at radius 1 is 1.16 bits per heavy atom. The van der Waals surface area contributed by atoms with Crippen molar-refractivity contribution in [3.05, 3.63) is 65.4 Å². The highest BCUT2D eigenvalue weighted by molar-refractivity contribution is 6.31. The third-order valence-corrected chi connectivity index (χ3v) is 3.53. The molecule has 0 aliphatic rings. The minimum Gasteiger partial charge on any atom is -0.465 e. The van der Waals surface area contributed by atoms with E-state index in [1.807, 2.05) is 53.2 Å². The average Bonchev–Trinajstić information content (AvgIpc) is 2.84. The van der Waals surface area contributed by atoms with Gasteiger partial charge in [-0.15, -0.1) is 0 Å². The van der Waals surface area contributed by atoms with E-state index in [1.165, 1.54) is 0 Å². The first-order valence-corrected chi connectivity index (χ1v) is 6.44. The Morgan fingerprint density at radius 2 is 2.00 bits per heavy atom. The van der Waals surface area contributed by atoms with Crippen LogP contribution in [0.15, 0.2) is 54.9 Å². The molecule has 1 aromatic carbocycles. The predicted octanol–water partition coefficient (Wildman–Crippen LogP) is 2.94. The van der Waals surface area contributed by atoms with Crippen LogP contribution in [0.3, 0.4) is 0 Å². The minimum atomic E-state index is 0.739. The van der Waals surface area contributed by atoms with Gasteiger partial charge in [-0.2, -0.15) is 4.40 Å². The molecule has 19 heavy (non-hydrogen) atoms. The van der Waals surface area contributed by atoms with Crippen molar-refractivity contribution in [3.8, 4) is 5.88 Å². The van der Waals surface area contributed by atoms with Crippen molar-refractivity contribution in [1.29, 1.82) is 0 Å². The van der Waals surface area contributed by atoms with E-state index >= 15 is 0 Å². The van der Waals surface area contributed by atoms with Gasteiger partial charge in [0.15, 0.2) is 0 Å². The number of imidazole rings is 1. The van der Waals surface area contributed by atoms with Gasteiger partial charge < -0.3 is 4.74 Å². The van der Waals surface area contributed by atoms with Crippen LogP contribution in [0.1, 0.15) is 5.56 Å². The number of hydrogen-bond donors (Lipinski definition) is 0. The molecule has 0 aliphatic heterocycles. The SMILES string of the molecule is COc1cccc2n1cc[n+]2Cc1ccccc1Cl. The van der Waals surface area contributed by atoms with Crippen LogP contribution in [0, 0.1) is 0 Å². The van der Waals surface area contributed by atoms with Crippen LogP contribution in [0.4, 0.5) is 0 Å². The lowest BCUT2D eigenvalue weighted by molar-refractivity contribution is -0.661. The highest BCUT2D eigenvalue weighted by Crippen LogP contribution is 2.16. The normalized spacial score (nSPS) is 10.8. The van der Waals surface area contributed by atoms with Gasteiger partial charge in [0.2, 0.25) is 0 Å². The molecular weight excluding hydrogens is 260 g/mol. The average molecular weight is 274 g/mol. The zero-order valence-electron chi connectivity index (χ0n) is 10.6. The monoisotopic (exact) mass is 273 g/mol. The summed E-state index contributed by atoms with van der Waals surface area (Å²) in [6, 6.07) is 13.9. The lowest BCUT2D eigenvalue weighted by atomic mass is 10.2. The summed E-state index contributed by atoms with van der Waals surface area (Å²) in [5.74, 6) is 0.815. The second kappa shape index (κ2) is 4.94. The van der Waals surface area contributed by atoms with Gasteiger partial charge in [-0.1, -0.05) is 29.8 Å². The van der Waals surface area contributed by atoms with Crippen molar-refractivity contribution >= 4 is 17.2 Å². The predicted molar refractivity (Wildman–Crippen MR) is 74.7 cm³/mol. The minimum absolute atomic E-state index is 0.739. The Bertz CT molecular complexity index is 721. The Kier molecular flexibility index (Phi) is 3.13.